The third-order valence-electron chi connectivity index (χ3n) is 3.07. The second kappa shape index (κ2) is 6.22. The zero-order chi connectivity index (χ0) is 15.6. The van der Waals surface area contributed by atoms with Gasteiger partial charge in [0.05, 0.1) is 6.61 Å². The number of amides is 2. The van der Waals surface area contributed by atoms with Gasteiger partial charge in [-0.15, -0.1) is 0 Å². The number of hydrogen-bond acceptors (Lipinski definition) is 4. The van der Waals surface area contributed by atoms with Crippen molar-refractivity contribution in [3.63, 3.8) is 0 Å². The van der Waals surface area contributed by atoms with Crippen LogP contribution >= 0.6 is 15.9 Å². The smallest absolute Gasteiger partial charge is 0.344 e. The van der Waals surface area contributed by atoms with Gasteiger partial charge in [-0.1, -0.05) is 46.3 Å². The molecule has 2 rings (SSSR count). The molecule has 0 spiro atoms. The van der Waals surface area contributed by atoms with Gasteiger partial charge in [-0.2, -0.15) is 0 Å². The van der Waals surface area contributed by atoms with Crippen molar-refractivity contribution in [1.82, 2.24) is 4.90 Å². The normalized spacial score (nSPS) is 18.1. The Morgan fingerprint density at radius 1 is 1.29 bits per heavy atom. The van der Waals surface area contributed by atoms with Crippen molar-refractivity contribution in [3.05, 3.63) is 41.5 Å². The fourth-order valence-corrected chi connectivity index (χ4v) is 3.16. The first kappa shape index (κ1) is 15.4. The average molecular weight is 352 g/mol. The SMILES string of the molecule is CCOC(=O)C1=C(c2ccccc2)C(Br)N(C(C)=O)C1=O. The number of benzene rings is 1. The van der Waals surface area contributed by atoms with E-state index >= 15 is 0 Å². The van der Waals surface area contributed by atoms with Crippen LogP contribution in [-0.2, 0) is 19.1 Å². The van der Waals surface area contributed by atoms with Crippen LogP contribution in [0.2, 0.25) is 0 Å². The first-order valence-electron chi connectivity index (χ1n) is 6.44. The molecule has 1 aromatic rings. The molecule has 110 valence electrons. The summed E-state index contributed by atoms with van der Waals surface area (Å²) in [5, 5.41) is 0. The maximum absolute atomic E-state index is 12.4. The largest absolute Gasteiger partial charge is 0.462 e. The number of halogens is 1. The minimum Gasteiger partial charge on any atom is -0.462 e. The Hall–Kier alpha value is -1.95. The summed E-state index contributed by atoms with van der Waals surface area (Å²) in [5.41, 5.74) is 1.05. The van der Waals surface area contributed by atoms with Crippen LogP contribution in [0.1, 0.15) is 19.4 Å². The van der Waals surface area contributed by atoms with E-state index in [4.69, 9.17) is 4.74 Å². The van der Waals surface area contributed by atoms with Gasteiger partial charge in [0.1, 0.15) is 10.5 Å². The average Bonchev–Trinajstić information content (AvgIpc) is 2.71. The highest BCUT2D eigenvalue weighted by atomic mass is 79.9. The molecule has 0 saturated heterocycles. The zero-order valence-corrected chi connectivity index (χ0v) is 13.2. The molecule has 1 atom stereocenters. The second-order valence-corrected chi connectivity index (χ2v) is 5.27. The lowest BCUT2D eigenvalue weighted by Gasteiger charge is -2.18. The van der Waals surface area contributed by atoms with Crippen LogP contribution in [0.15, 0.2) is 35.9 Å². The molecule has 0 saturated carbocycles. The molecule has 1 aliphatic heterocycles. The topological polar surface area (TPSA) is 63.7 Å². The summed E-state index contributed by atoms with van der Waals surface area (Å²) < 4.78 is 4.95. The molecule has 1 aromatic carbocycles. The summed E-state index contributed by atoms with van der Waals surface area (Å²) in [4.78, 5) is 36.5. The van der Waals surface area contributed by atoms with Crippen LogP contribution in [0.5, 0.6) is 0 Å². The van der Waals surface area contributed by atoms with Crippen LogP contribution in [-0.4, -0.2) is 34.2 Å². The number of rotatable bonds is 3. The van der Waals surface area contributed by atoms with Crippen molar-refractivity contribution in [3.8, 4) is 0 Å². The van der Waals surface area contributed by atoms with Crippen LogP contribution < -0.4 is 0 Å². The molecule has 21 heavy (non-hydrogen) atoms. The predicted octanol–water partition coefficient (Wildman–Crippen LogP) is 2.11. The highest BCUT2D eigenvalue weighted by molar-refractivity contribution is 9.09. The Bertz CT molecular complexity index is 624. The molecule has 5 nitrogen and oxygen atoms in total. The summed E-state index contributed by atoms with van der Waals surface area (Å²) in [7, 11) is 0. The van der Waals surface area contributed by atoms with Gasteiger partial charge in [-0.05, 0) is 12.5 Å². The summed E-state index contributed by atoms with van der Waals surface area (Å²) in [6.07, 6.45) is 0. The Balaban J connectivity index is 2.58. The summed E-state index contributed by atoms with van der Waals surface area (Å²) in [6.45, 7) is 3.10. The van der Waals surface area contributed by atoms with E-state index in [9.17, 15) is 14.4 Å². The first-order valence-corrected chi connectivity index (χ1v) is 7.35. The van der Waals surface area contributed by atoms with Crippen molar-refractivity contribution < 1.29 is 19.1 Å². The zero-order valence-electron chi connectivity index (χ0n) is 11.6. The molecular formula is C15H14BrNO4. The van der Waals surface area contributed by atoms with Crippen LogP contribution in [0, 0.1) is 0 Å². The fourth-order valence-electron chi connectivity index (χ4n) is 2.19. The van der Waals surface area contributed by atoms with E-state index in [0.717, 1.165) is 4.90 Å². The van der Waals surface area contributed by atoms with Gasteiger partial charge >= 0.3 is 5.97 Å². The van der Waals surface area contributed by atoms with Crippen LogP contribution in [0.4, 0.5) is 0 Å². The maximum atomic E-state index is 12.4. The lowest BCUT2D eigenvalue weighted by molar-refractivity contribution is -0.143. The third-order valence-corrected chi connectivity index (χ3v) is 3.94. The van der Waals surface area contributed by atoms with Gasteiger partial charge in [0, 0.05) is 12.5 Å². The Morgan fingerprint density at radius 3 is 2.43 bits per heavy atom. The molecule has 0 fully saturated rings. The quantitative estimate of drug-likeness (QED) is 0.362. The van der Waals surface area contributed by atoms with E-state index in [1.165, 1.54) is 6.92 Å². The second-order valence-electron chi connectivity index (χ2n) is 4.41. The molecule has 0 aliphatic carbocycles. The van der Waals surface area contributed by atoms with E-state index < -0.39 is 22.7 Å². The van der Waals surface area contributed by atoms with E-state index in [0.29, 0.717) is 11.1 Å². The molecule has 0 bridgehead atoms. The van der Waals surface area contributed by atoms with Crippen molar-refractivity contribution in [1.29, 1.82) is 0 Å². The molecule has 2 amide bonds. The van der Waals surface area contributed by atoms with E-state index in [1.807, 2.05) is 6.07 Å². The highest BCUT2D eigenvalue weighted by Crippen LogP contribution is 2.37. The molecule has 1 aliphatic rings. The molecule has 0 radical (unpaired) electrons. The van der Waals surface area contributed by atoms with Crippen LogP contribution in [0.25, 0.3) is 5.57 Å². The first-order chi connectivity index (χ1) is 9.99. The van der Waals surface area contributed by atoms with Gasteiger partial charge in [-0.25, -0.2) is 4.79 Å². The lowest BCUT2D eigenvalue weighted by atomic mass is 10.0. The van der Waals surface area contributed by atoms with Crippen LogP contribution in [0.3, 0.4) is 0 Å². The number of ether oxygens (including phenoxy) is 1. The molecular weight excluding hydrogens is 338 g/mol. The third kappa shape index (κ3) is 2.76. The minimum absolute atomic E-state index is 0.0971. The summed E-state index contributed by atoms with van der Waals surface area (Å²) in [5.74, 6) is -1.79. The standard InChI is InChI=1S/C15H14BrNO4/c1-3-21-15(20)12-11(10-7-5-4-6-8-10)13(16)17(9(2)18)14(12)19/h4-8,13H,3H2,1-2H3. The van der Waals surface area contributed by atoms with E-state index in [-0.39, 0.29) is 12.2 Å². The monoisotopic (exact) mass is 351 g/mol. The number of alkyl halides is 1. The molecule has 1 heterocycles. The van der Waals surface area contributed by atoms with Gasteiger partial charge in [-0.3, -0.25) is 14.5 Å². The van der Waals surface area contributed by atoms with Crippen molar-refractivity contribution >= 4 is 39.3 Å². The number of nitrogens with zero attached hydrogens (tertiary/aromatic N) is 1. The van der Waals surface area contributed by atoms with Gasteiger partial charge in [0.15, 0.2) is 0 Å². The number of carbonyl (C=O) groups excluding carboxylic acids is 3. The van der Waals surface area contributed by atoms with Gasteiger partial charge in [0.25, 0.3) is 5.91 Å². The summed E-state index contributed by atoms with van der Waals surface area (Å²) >= 11 is 3.33. The molecule has 6 heteroatoms. The Kier molecular flexibility index (Phi) is 4.57. The number of hydrogen-bond donors (Lipinski definition) is 0. The molecule has 0 aromatic heterocycles. The van der Waals surface area contributed by atoms with Crippen molar-refractivity contribution in [2.24, 2.45) is 0 Å². The number of esters is 1. The molecule has 1 unspecified atom stereocenters. The minimum atomic E-state index is -0.713. The highest BCUT2D eigenvalue weighted by Gasteiger charge is 2.44. The molecule has 0 N–H and O–H groups in total. The van der Waals surface area contributed by atoms with E-state index in [1.54, 1.807) is 31.2 Å². The number of carbonyl (C=O) groups is 3. The maximum Gasteiger partial charge on any atom is 0.344 e. The van der Waals surface area contributed by atoms with E-state index in [2.05, 4.69) is 15.9 Å². The number of imide groups is 1. The fraction of sp³-hybridized carbons (Fsp3) is 0.267. The Labute approximate surface area is 130 Å². The predicted molar refractivity (Wildman–Crippen MR) is 80.2 cm³/mol. The Morgan fingerprint density at radius 2 is 1.90 bits per heavy atom. The van der Waals surface area contributed by atoms with Gasteiger partial charge < -0.3 is 4.74 Å². The lowest BCUT2D eigenvalue weighted by Crippen LogP contribution is -2.36. The van der Waals surface area contributed by atoms with Crippen molar-refractivity contribution in [2.45, 2.75) is 18.8 Å². The van der Waals surface area contributed by atoms with Gasteiger partial charge in [0.2, 0.25) is 5.91 Å². The van der Waals surface area contributed by atoms with Crippen molar-refractivity contribution in [2.75, 3.05) is 6.61 Å². The summed E-state index contributed by atoms with van der Waals surface area (Å²) in [6, 6.07) is 8.98.